The number of benzene rings is 2. The van der Waals surface area contributed by atoms with Crippen molar-refractivity contribution in [3.05, 3.63) is 77.7 Å². The minimum atomic E-state index is -0.468. The van der Waals surface area contributed by atoms with Crippen molar-refractivity contribution in [2.45, 2.75) is 44.7 Å². The predicted molar refractivity (Wildman–Crippen MR) is 136 cm³/mol. The van der Waals surface area contributed by atoms with Crippen LogP contribution in [0.1, 0.15) is 32.1 Å². The minimum Gasteiger partial charge on any atom is -0.330 e. The summed E-state index contributed by atoms with van der Waals surface area (Å²) in [5, 5.41) is 3.01. The van der Waals surface area contributed by atoms with E-state index in [1.54, 1.807) is 22.0 Å². The maximum absolute atomic E-state index is 13.2. The summed E-state index contributed by atoms with van der Waals surface area (Å²) in [6, 6.07) is 14.6. The molecule has 1 spiro atoms. The fraction of sp³-hybridized carbons (Fsp3) is 0.333. The zero-order valence-corrected chi connectivity index (χ0v) is 19.9. The maximum atomic E-state index is 13.2. The van der Waals surface area contributed by atoms with E-state index in [0.717, 1.165) is 29.6 Å². The summed E-state index contributed by atoms with van der Waals surface area (Å²) in [7, 11) is 0. The van der Waals surface area contributed by atoms with Crippen LogP contribution in [0.25, 0.3) is 16.7 Å². The van der Waals surface area contributed by atoms with Gasteiger partial charge in [0, 0.05) is 43.3 Å². The molecule has 6 rings (SSSR count). The van der Waals surface area contributed by atoms with Crippen LogP contribution < -0.4 is 11.0 Å². The lowest BCUT2D eigenvalue weighted by atomic mass is 10.0. The van der Waals surface area contributed by atoms with Crippen molar-refractivity contribution in [2.24, 2.45) is 5.41 Å². The number of rotatable bonds is 7. The number of nitrogens with one attached hydrogen (secondary N) is 2. The number of carbonyl (C=O) groups excluding carboxylic acids is 2. The highest BCUT2D eigenvalue weighted by Crippen LogP contribution is 2.55. The summed E-state index contributed by atoms with van der Waals surface area (Å²) in [6.07, 6.45) is 8.96. The van der Waals surface area contributed by atoms with Crippen LogP contribution in [-0.4, -0.2) is 48.4 Å². The first-order valence-corrected chi connectivity index (χ1v) is 12.4. The Morgan fingerprint density at radius 1 is 1.11 bits per heavy atom. The number of anilines is 1. The minimum absolute atomic E-state index is 0.0257. The van der Waals surface area contributed by atoms with Gasteiger partial charge in [-0.1, -0.05) is 12.1 Å². The molecular weight excluding hydrogens is 456 g/mol. The topological polar surface area (TPSA) is 105 Å². The monoisotopic (exact) mass is 484 g/mol. The Labute approximate surface area is 207 Å². The Morgan fingerprint density at radius 3 is 2.67 bits per heavy atom. The molecule has 2 amide bonds. The quantitative estimate of drug-likeness (QED) is 0.420. The van der Waals surface area contributed by atoms with Crippen LogP contribution in [0.2, 0.25) is 0 Å². The second-order valence-electron chi connectivity index (χ2n) is 9.95. The molecule has 9 nitrogen and oxygen atoms in total. The Balaban J connectivity index is 1.10. The lowest BCUT2D eigenvalue weighted by molar-refractivity contribution is -0.136. The zero-order valence-electron chi connectivity index (χ0n) is 19.9. The third kappa shape index (κ3) is 4.21. The number of likely N-dealkylation sites (tertiary alicyclic amines) is 1. The van der Waals surface area contributed by atoms with Crippen LogP contribution >= 0.6 is 0 Å². The molecule has 1 atom stereocenters. The van der Waals surface area contributed by atoms with Crippen molar-refractivity contribution in [3.8, 4) is 5.69 Å². The summed E-state index contributed by atoms with van der Waals surface area (Å²) in [4.78, 5) is 47.5. The molecule has 1 saturated carbocycles. The van der Waals surface area contributed by atoms with Crippen LogP contribution in [0.15, 0.2) is 72.0 Å². The van der Waals surface area contributed by atoms with E-state index in [2.05, 4.69) is 15.3 Å². The van der Waals surface area contributed by atoms with E-state index in [1.807, 2.05) is 59.3 Å². The van der Waals surface area contributed by atoms with E-state index < -0.39 is 6.04 Å². The van der Waals surface area contributed by atoms with Gasteiger partial charge in [-0.3, -0.25) is 14.2 Å². The van der Waals surface area contributed by atoms with E-state index in [1.165, 1.54) is 0 Å². The molecule has 1 aliphatic carbocycles. The molecule has 9 heteroatoms. The number of H-pyrrole nitrogens is 1. The van der Waals surface area contributed by atoms with Crippen LogP contribution in [0.4, 0.5) is 5.69 Å². The van der Waals surface area contributed by atoms with Crippen molar-refractivity contribution in [2.75, 3.05) is 11.9 Å². The van der Waals surface area contributed by atoms with E-state index in [0.29, 0.717) is 38.0 Å². The van der Waals surface area contributed by atoms with Crippen molar-refractivity contribution in [3.63, 3.8) is 0 Å². The van der Waals surface area contributed by atoms with E-state index in [4.69, 9.17) is 0 Å². The Kier molecular flexibility index (Phi) is 5.47. The van der Waals surface area contributed by atoms with Gasteiger partial charge in [-0.2, -0.15) is 0 Å². The average Bonchev–Trinajstić information content (AvgIpc) is 3.21. The molecule has 1 saturated heterocycles. The summed E-state index contributed by atoms with van der Waals surface area (Å²) in [5.74, 6) is -0.169. The van der Waals surface area contributed by atoms with Crippen LogP contribution in [0.3, 0.4) is 0 Å². The summed E-state index contributed by atoms with van der Waals surface area (Å²) in [6.45, 7) is 1.09. The van der Waals surface area contributed by atoms with Gasteiger partial charge in [0.15, 0.2) is 0 Å². The van der Waals surface area contributed by atoms with Crippen molar-refractivity contribution < 1.29 is 9.59 Å². The summed E-state index contributed by atoms with van der Waals surface area (Å²) in [5.41, 5.74) is 3.21. The number of aryl methyl sites for hydroxylation is 1. The highest BCUT2D eigenvalue weighted by Gasteiger charge is 2.54. The third-order valence-corrected chi connectivity index (χ3v) is 7.48. The number of aromatic nitrogens is 4. The molecule has 1 aliphatic heterocycles. The third-order valence-electron chi connectivity index (χ3n) is 7.48. The van der Waals surface area contributed by atoms with E-state index >= 15 is 0 Å². The second-order valence-corrected chi connectivity index (χ2v) is 9.95. The number of imidazole rings is 2. The number of fused-ring (bicyclic) bond motifs is 1. The van der Waals surface area contributed by atoms with Crippen molar-refractivity contribution in [1.29, 1.82) is 0 Å². The molecule has 2 aromatic carbocycles. The van der Waals surface area contributed by atoms with Crippen LogP contribution in [0, 0.1) is 5.41 Å². The first kappa shape index (κ1) is 22.3. The smallest absolute Gasteiger partial charge is 0.326 e. The van der Waals surface area contributed by atoms with Crippen molar-refractivity contribution >= 4 is 28.5 Å². The number of hydrogen-bond acceptors (Lipinski definition) is 4. The summed E-state index contributed by atoms with van der Waals surface area (Å²) < 4.78 is 3.57. The van der Waals surface area contributed by atoms with Gasteiger partial charge in [0.2, 0.25) is 11.8 Å². The molecule has 4 aromatic rings. The molecule has 2 aliphatic rings. The molecule has 2 N–H and O–H groups in total. The van der Waals surface area contributed by atoms with Gasteiger partial charge >= 0.3 is 5.69 Å². The highest BCUT2D eigenvalue weighted by atomic mass is 16.2. The standard InChI is InChI=1S/C27H28N6O3/c34-24(6-3-14-32-22-5-2-1-4-21(22)30-26(32)36)33-17-27(11-12-27)16-23(33)25(35)29-19-7-9-20(10-8-19)31-15-13-28-18-31/h1-2,4-5,7-10,13,15,18,23H,3,6,11-12,14,16-17H2,(H,29,35)(H,30,36)/t23-/m1/s1. The normalized spacial score (nSPS) is 18.1. The Morgan fingerprint density at radius 2 is 1.92 bits per heavy atom. The van der Waals surface area contributed by atoms with Crippen molar-refractivity contribution in [1.82, 2.24) is 24.0 Å². The molecule has 184 valence electrons. The van der Waals surface area contributed by atoms with Gasteiger partial charge in [0.05, 0.1) is 17.4 Å². The first-order chi connectivity index (χ1) is 17.5. The second kappa shape index (κ2) is 8.82. The highest BCUT2D eigenvalue weighted by molar-refractivity contribution is 5.97. The van der Waals surface area contributed by atoms with Gasteiger partial charge in [-0.25, -0.2) is 9.78 Å². The zero-order chi connectivity index (χ0) is 24.7. The number of aromatic amines is 1. The molecule has 0 unspecified atom stereocenters. The molecule has 2 fully saturated rings. The fourth-order valence-electron chi connectivity index (χ4n) is 5.31. The molecule has 2 aromatic heterocycles. The lowest BCUT2D eigenvalue weighted by Gasteiger charge is -2.24. The number of carbonyl (C=O) groups is 2. The molecule has 3 heterocycles. The van der Waals surface area contributed by atoms with E-state index in [9.17, 15) is 14.4 Å². The van der Waals surface area contributed by atoms with Gasteiger partial charge < -0.3 is 19.8 Å². The number of amides is 2. The predicted octanol–water partition coefficient (Wildman–Crippen LogP) is 3.32. The maximum Gasteiger partial charge on any atom is 0.326 e. The van der Waals surface area contributed by atoms with Gasteiger partial charge in [-0.05, 0) is 67.5 Å². The van der Waals surface area contributed by atoms with Gasteiger partial charge in [0.25, 0.3) is 0 Å². The SMILES string of the molecule is O=C(Nc1ccc(-n2ccnc2)cc1)[C@H]1CC2(CC2)CN1C(=O)CCCn1c(=O)[nH]c2ccccc21. The van der Waals surface area contributed by atoms with Gasteiger partial charge in [0.1, 0.15) is 6.04 Å². The first-order valence-electron chi connectivity index (χ1n) is 12.4. The fourth-order valence-corrected chi connectivity index (χ4v) is 5.31. The van der Waals surface area contributed by atoms with Crippen LogP contribution in [0.5, 0.6) is 0 Å². The average molecular weight is 485 g/mol. The van der Waals surface area contributed by atoms with E-state index in [-0.39, 0.29) is 22.9 Å². The number of nitrogens with zero attached hydrogens (tertiary/aromatic N) is 4. The van der Waals surface area contributed by atoms with Gasteiger partial charge in [-0.15, -0.1) is 0 Å². The molecule has 36 heavy (non-hydrogen) atoms. The molecule has 0 bridgehead atoms. The largest absolute Gasteiger partial charge is 0.330 e. The number of para-hydroxylation sites is 2. The summed E-state index contributed by atoms with van der Waals surface area (Å²) >= 11 is 0. The molecular formula is C27H28N6O3. The lowest BCUT2D eigenvalue weighted by Crippen LogP contribution is -2.43. The molecule has 0 radical (unpaired) electrons. The Hall–Kier alpha value is -4.14. The number of hydrogen-bond donors (Lipinski definition) is 2. The Bertz CT molecular complexity index is 1460. The van der Waals surface area contributed by atoms with Crippen LogP contribution in [-0.2, 0) is 16.1 Å².